The summed E-state index contributed by atoms with van der Waals surface area (Å²) in [7, 11) is -3.89. The lowest BCUT2D eigenvalue weighted by molar-refractivity contribution is 0.345. The molecule has 19 heavy (non-hydrogen) atoms. The Kier molecular flexibility index (Phi) is 12.0. The zero-order valence-corrected chi connectivity index (χ0v) is 13.7. The average molecular weight is 292 g/mol. The van der Waals surface area contributed by atoms with Gasteiger partial charge in [0.15, 0.2) is 0 Å². The van der Waals surface area contributed by atoms with Crippen LogP contribution in [0.5, 0.6) is 0 Å². The van der Waals surface area contributed by atoms with E-state index >= 15 is 0 Å². The van der Waals surface area contributed by atoms with Gasteiger partial charge in [-0.1, -0.05) is 78.1 Å². The molecule has 0 heterocycles. The molecule has 0 fully saturated rings. The largest absolute Gasteiger partial charge is 0.328 e. The highest BCUT2D eigenvalue weighted by Crippen LogP contribution is 2.46. The third-order valence-electron chi connectivity index (χ3n) is 3.76. The lowest BCUT2D eigenvalue weighted by Crippen LogP contribution is -2.08. The van der Waals surface area contributed by atoms with E-state index in [2.05, 4.69) is 13.8 Å². The van der Waals surface area contributed by atoms with Crippen molar-refractivity contribution in [1.29, 1.82) is 0 Å². The van der Waals surface area contributed by atoms with Crippen LogP contribution in [0.2, 0.25) is 0 Å². The Labute approximate surface area is 119 Å². The molecule has 1 unspecified atom stereocenters. The van der Waals surface area contributed by atoms with Crippen LogP contribution in [0.1, 0.15) is 90.9 Å². The van der Waals surface area contributed by atoms with Gasteiger partial charge in [-0.3, -0.25) is 4.57 Å². The van der Waals surface area contributed by atoms with E-state index in [1.807, 2.05) is 0 Å². The van der Waals surface area contributed by atoms with Gasteiger partial charge in [0.2, 0.25) is 0 Å². The predicted molar refractivity (Wildman–Crippen MR) is 82.6 cm³/mol. The molecular weight excluding hydrogens is 259 g/mol. The molecule has 0 radical (unpaired) electrons. The summed E-state index contributed by atoms with van der Waals surface area (Å²) in [5.74, 6) is 0. The van der Waals surface area contributed by atoms with Crippen molar-refractivity contribution in [2.75, 3.05) is 0 Å². The second kappa shape index (κ2) is 11.9. The number of hydrogen-bond donors (Lipinski definition) is 2. The van der Waals surface area contributed by atoms with Gasteiger partial charge in [-0.05, 0) is 12.8 Å². The van der Waals surface area contributed by atoms with E-state index in [0.717, 1.165) is 32.1 Å². The van der Waals surface area contributed by atoms with E-state index in [4.69, 9.17) is 0 Å². The summed E-state index contributed by atoms with van der Waals surface area (Å²) < 4.78 is 11.5. The highest BCUT2D eigenvalue weighted by atomic mass is 31.2. The Balaban J connectivity index is 3.79. The minimum absolute atomic E-state index is 0.393. The zero-order valence-electron chi connectivity index (χ0n) is 12.8. The van der Waals surface area contributed by atoms with Crippen LogP contribution in [0.3, 0.4) is 0 Å². The van der Waals surface area contributed by atoms with E-state index in [0.29, 0.717) is 12.8 Å². The molecule has 0 aliphatic carbocycles. The van der Waals surface area contributed by atoms with Gasteiger partial charge in [-0.25, -0.2) is 0 Å². The monoisotopic (exact) mass is 292 g/mol. The quantitative estimate of drug-likeness (QED) is 0.360. The molecule has 0 bridgehead atoms. The molecule has 0 aromatic rings. The molecule has 0 rings (SSSR count). The molecule has 0 aromatic carbocycles. The maximum atomic E-state index is 11.5. The Morgan fingerprint density at radius 1 is 0.737 bits per heavy atom. The number of unbranched alkanes of at least 4 members (excludes halogenated alkanes) is 8. The van der Waals surface area contributed by atoms with E-state index in [-0.39, 0.29) is 0 Å². The molecule has 116 valence electrons. The summed E-state index contributed by atoms with van der Waals surface area (Å²) >= 11 is 0. The fourth-order valence-corrected chi connectivity index (χ4v) is 3.49. The van der Waals surface area contributed by atoms with Crippen LogP contribution in [0.4, 0.5) is 0 Å². The van der Waals surface area contributed by atoms with E-state index in [1.54, 1.807) is 0 Å². The summed E-state index contributed by atoms with van der Waals surface area (Å²) in [5, 5.41) is 0. The summed E-state index contributed by atoms with van der Waals surface area (Å²) in [6.07, 6.45) is 12.8. The third kappa shape index (κ3) is 11.7. The topological polar surface area (TPSA) is 57.5 Å². The second-order valence-electron chi connectivity index (χ2n) is 5.65. The Hall–Kier alpha value is 0.150. The first-order valence-corrected chi connectivity index (χ1v) is 9.75. The molecule has 2 N–H and O–H groups in total. The minimum Gasteiger partial charge on any atom is -0.324 e. The maximum absolute atomic E-state index is 11.5. The molecule has 0 saturated carbocycles. The van der Waals surface area contributed by atoms with Crippen molar-refractivity contribution in [3.8, 4) is 0 Å². The third-order valence-corrected chi connectivity index (χ3v) is 5.23. The Morgan fingerprint density at radius 3 is 1.53 bits per heavy atom. The average Bonchev–Trinajstić information content (AvgIpc) is 2.34. The molecule has 0 aliphatic heterocycles. The SMILES string of the molecule is CCCCCCCCC(CCCCCC)P(=O)(O)O. The first kappa shape index (κ1) is 19.1. The summed E-state index contributed by atoms with van der Waals surface area (Å²) in [6, 6.07) is 0. The van der Waals surface area contributed by atoms with Crippen LogP contribution in [0.15, 0.2) is 0 Å². The van der Waals surface area contributed by atoms with Crippen LogP contribution in [0, 0.1) is 0 Å². The fraction of sp³-hybridized carbons (Fsp3) is 1.00. The second-order valence-corrected chi connectivity index (χ2v) is 7.56. The molecule has 1 atom stereocenters. The minimum atomic E-state index is -3.89. The Morgan fingerprint density at radius 2 is 1.11 bits per heavy atom. The van der Waals surface area contributed by atoms with Crippen LogP contribution in [0.25, 0.3) is 0 Å². The highest BCUT2D eigenvalue weighted by Gasteiger charge is 2.27. The van der Waals surface area contributed by atoms with Crippen molar-refractivity contribution in [3.63, 3.8) is 0 Å². The molecule has 0 aliphatic rings. The maximum Gasteiger partial charge on any atom is 0.328 e. The summed E-state index contributed by atoms with van der Waals surface area (Å²) in [6.45, 7) is 4.34. The van der Waals surface area contributed by atoms with Crippen molar-refractivity contribution < 1.29 is 14.4 Å². The van der Waals surface area contributed by atoms with Crippen molar-refractivity contribution in [2.24, 2.45) is 0 Å². The number of hydrogen-bond acceptors (Lipinski definition) is 1. The molecule has 0 saturated heterocycles. The molecule has 0 spiro atoms. The lowest BCUT2D eigenvalue weighted by atomic mass is 10.0. The van der Waals surface area contributed by atoms with Gasteiger partial charge in [0.1, 0.15) is 0 Å². The smallest absolute Gasteiger partial charge is 0.324 e. The summed E-state index contributed by atoms with van der Waals surface area (Å²) in [5.41, 5.74) is -0.393. The van der Waals surface area contributed by atoms with Crippen molar-refractivity contribution >= 4 is 7.60 Å². The van der Waals surface area contributed by atoms with Gasteiger partial charge in [0, 0.05) is 0 Å². The molecule has 4 heteroatoms. The fourth-order valence-electron chi connectivity index (χ4n) is 2.45. The Bertz CT molecular complexity index is 238. The van der Waals surface area contributed by atoms with Gasteiger partial charge in [-0.15, -0.1) is 0 Å². The van der Waals surface area contributed by atoms with Gasteiger partial charge in [-0.2, -0.15) is 0 Å². The predicted octanol–water partition coefficient (Wildman–Crippen LogP) is 5.25. The van der Waals surface area contributed by atoms with E-state index in [9.17, 15) is 14.4 Å². The summed E-state index contributed by atoms with van der Waals surface area (Å²) in [4.78, 5) is 18.8. The molecule has 0 amide bonds. The van der Waals surface area contributed by atoms with Gasteiger partial charge in [0.25, 0.3) is 0 Å². The van der Waals surface area contributed by atoms with E-state index in [1.165, 1.54) is 32.1 Å². The molecule has 0 aromatic heterocycles. The molecular formula is C15H33O3P. The molecule has 3 nitrogen and oxygen atoms in total. The van der Waals surface area contributed by atoms with Crippen LogP contribution >= 0.6 is 7.60 Å². The van der Waals surface area contributed by atoms with Crippen LogP contribution < -0.4 is 0 Å². The van der Waals surface area contributed by atoms with Crippen molar-refractivity contribution in [1.82, 2.24) is 0 Å². The number of rotatable bonds is 13. The van der Waals surface area contributed by atoms with Crippen molar-refractivity contribution in [3.05, 3.63) is 0 Å². The lowest BCUT2D eigenvalue weighted by Gasteiger charge is -2.18. The first-order chi connectivity index (χ1) is 9.02. The normalized spacial score (nSPS) is 13.7. The highest BCUT2D eigenvalue weighted by molar-refractivity contribution is 7.52. The van der Waals surface area contributed by atoms with E-state index < -0.39 is 13.3 Å². The van der Waals surface area contributed by atoms with Crippen molar-refractivity contribution in [2.45, 2.75) is 96.6 Å². The van der Waals surface area contributed by atoms with Gasteiger partial charge >= 0.3 is 7.60 Å². The van der Waals surface area contributed by atoms with Crippen LogP contribution in [-0.4, -0.2) is 15.4 Å². The zero-order chi connectivity index (χ0) is 14.6. The standard InChI is InChI=1S/C15H33O3P/c1-3-5-7-9-10-12-14-15(19(16,17)18)13-11-8-6-4-2/h15H,3-14H2,1-2H3,(H2,16,17,18). The van der Waals surface area contributed by atoms with Gasteiger partial charge in [0.05, 0.1) is 5.66 Å². The van der Waals surface area contributed by atoms with Crippen LogP contribution in [-0.2, 0) is 4.57 Å². The van der Waals surface area contributed by atoms with Gasteiger partial charge < -0.3 is 9.79 Å². The first-order valence-electron chi connectivity index (χ1n) is 8.07.